The summed E-state index contributed by atoms with van der Waals surface area (Å²) >= 11 is 0. The van der Waals surface area contributed by atoms with E-state index in [4.69, 9.17) is 14.0 Å². The van der Waals surface area contributed by atoms with Crippen molar-refractivity contribution in [2.75, 3.05) is 21.3 Å². The quantitative estimate of drug-likeness (QED) is 0.849. The number of nitrogens with zero attached hydrogens (tertiary/aromatic N) is 2. The zero-order valence-electron chi connectivity index (χ0n) is 11.3. The molecule has 0 bridgehead atoms. The lowest BCUT2D eigenvalue weighted by molar-refractivity contribution is 0.354. The van der Waals surface area contributed by atoms with E-state index >= 15 is 0 Å². The van der Waals surface area contributed by atoms with Crippen molar-refractivity contribution in [2.24, 2.45) is 0 Å². The maximum Gasteiger partial charge on any atom is 0.240 e. The van der Waals surface area contributed by atoms with E-state index < -0.39 is 0 Å². The Bertz CT molecular complexity index is 540. The van der Waals surface area contributed by atoms with Crippen molar-refractivity contribution in [2.45, 2.75) is 13.0 Å². The van der Waals surface area contributed by atoms with Crippen LogP contribution < -0.4 is 14.8 Å². The van der Waals surface area contributed by atoms with Crippen LogP contribution in [-0.2, 0) is 13.0 Å². The summed E-state index contributed by atoms with van der Waals surface area (Å²) in [7, 11) is 5.06. The molecule has 0 amide bonds. The second-order valence-electron chi connectivity index (χ2n) is 4.00. The van der Waals surface area contributed by atoms with Gasteiger partial charge in [-0.2, -0.15) is 4.98 Å². The Morgan fingerprint density at radius 2 is 2.00 bits per heavy atom. The largest absolute Gasteiger partial charge is 0.493 e. The molecule has 0 saturated heterocycles. The Labute approximate surface area is 111 Å². The van der Waals surface area contributed by atoms with Crippen LogP contribution in [0.15, 0.2) is 22.7 Å². The van der Waals surface area contributed by atoms with E-state index in [0.29, 0.717) is 36.2 Å². The Morgan fingerprint density at radius 3 is 2.68 bits per heavy atom. The van der Waals surface area contributed by atoms with Gasteiger partial charge < -0.3 is 19.3 Å². The molecule has 1 aromatic heterocycles. The molecule has 102 valence electrons. The van der Waals surface area contributed by atoms with Gasteiger partial charge in [0.1, 0.15) is 0 Å². The van der Waals surface area contributed by atoms with Crippen molar-refractivity contribution in [3.63, 3.8) is 0 Å². The first-order valence-corrected chi connectivity index (χ1v) is 5.93. The van der Waals surface area contributed by atoms with Crippen molar-refractivity contribution in [1.29, 1.82) is 0 Å². The lowest BCUT2D eigenvalue weighted by atomic mass is 10.1. The van der Waals surface area contributed by atoms with Gasteiger partial charge in [-0.1, -0.05) is 11.2 Å². The minimum atomic E-state index is 0.568. The standard InChI is InChI=1S/C13H17N3O3/c1-14-8-13-15-12(16-19-13)7-9-4-5-10(17-2)11(6-9)18-3/h4-6,14H,7-8H2,1-3H3. The summed E-state index contributed by atoms with van der Waals surface area (Å²) < 4.78 is 15.6. The Hall–Kier alpha value is -2.08. The maximum atomic E-state index is 5.26. The molecule has 0 atom stereocenters. The number of aromatic nitrogens is 2. The highest BCUT2D eigenvalue weighted by Gasteiger charge is 2.09. The number of rotatable bonds is 6. The predicted octanol–water partition coefficient (Wildman–Crippen LogP) is 1.40. The van der Waals surface area contributed by atoms with Gasteiger partial charge in [0, 0.05) is 6.42 Å². The zero-order chi connectivity index (χ0) is 13.7. The second-order valence-corrected chi connectivity index (χ2v) is 4.00. The van der Waals surface area contributed by atoms with E-state index in [1.54, 1.807) is 14.2 Å². The maximum absolute atomic E-state index is 5.26. The minimum Gasteiger partial charge on any atom is -0.493 e. The highest BCUT2D eigenvalue weighted by Crippen LogP contribution is 2.28. The van der Waals surface area contributed by atoms with Gasteiger partial charge in [-0.25, -0.2) is 0 Å². The van der Waals surface area contributed by atoms with Crippen LogP contribution in [0.3, 0.4) is 0 Å². The molecule has 1 N–H and O–H groups in total. The third kappa shape index (κ3) is 3.23. The molecular weight excluding hydrogens is 246 g/mol. The first-order chi connectivity index (χ1) is 9.26. The highest BCUT2D eigenvalue weighted by atomic mass is 16.5. The zero-order valence-corrected chi connectivity index (χ0v) is 11.3. The van der Waals surface area contributed by atoms with Gasteiger partial charge in [-0.15, -0.1) is 0 Å². The van der Waals surface area contributed by atoms with Gasteiger partial charge in [0.05, 0.1) is 20.8 Å². The van der Waals surface area contributed by atoms with E-state index in [1.165, 1.54) is 0 Å². The fourth-order valence-corrected chi connectivity index (χ4v) is 1.76. The third-order valence-electron chi connectivity index (χ3n) is 2.65. The van der Waals surface area contributed by atoms with Crippen molar-refractivity contribution >= 4 is 0 Å². The highest BCUT2D eigenvalue weighted by molar-refractivity contribution is 5.43. The molecule has 0 fully saturated rings. The molecule has 19 heavy (non-hydrogen) atoms. The summed E-state index contributed by atoms with van der Waals surface area (Å²) in [5, 5.41) is 6.89. The number of nitrogens with one attached hydrogen (secondary N) is 1. The molecule has 6 nitrogen and oxygen atoms in total. The summed E-state index contributed by atoms with van der Waals surface area (Å²) in [4.78, 5) is 4.28. The number of methoxy groups -OCH3 is 2. The number of benzene rings is 1. The summed E-state index contributed by atoms with van der Waals surface area (Å²) in [6, 6.07) is 5.73. The average molecular weight is 263 g/mol. The smallest absolute Gasteiger partial charge is 0.240 e. The SMILES string of the molecule is CNCc1nc(Cc2ccc(OC)c(OC)c2)no1. The summed E-state index contributed by atoms with van der Waals surface area (Å²) in [5.74, 6) is 2.63. The molecule has 6 heteroatoms. The molecule has 1 heterocycles. The summed E-state index contributed by atoms with van der Waals surface area (Å²) in [5.41, 5.74) is 1.04. The molecule has 0 aliphatic rings. The molecule has 0 spiro atoms. The van der Waals surface area contributed by atoms with E-state index in [2.05, 4.69) is 15.5 Å². The van der Waals surface area contributed by atoms with Crippen molar-refractivity contribution in [1.82, 2.24) is 15.5 Å². The normalized spacial score (nSPS) is 10.5. The minimum absolute atomic E-state index is 0.568. The average Bonchev–Trinajstić information content (AvgIpc) is 2.86. The number of ether oxygens (including phenoxy) is 2. The molecule has 0 saturated carbocycles. The van der Waals surface area contributed by atoms with Crippen molar-refractivity contribution in [3.05, 3.63) is 35.5 Å². The Kier molecular flexibility index (Phi) is 4.35. The summed E-state index contributed by atoms with van der Waals surface area (Å²) in [6.07, 6.45) is 0.591. The van der Waals surface area contributed by atoms with E-state index in [9.17, 15) is 0 Å². The Morgan fingerprint density at radius 1 is 1.21 bits per heavy atom. The fraction of sp³-hybridized carbons (Fsp3) is 0.385. The van der Waals surface area contributed by atoms with Crippen LogP contribution >= 0.6 is 0 Å². The lowest BCUT2D eigenvalue weighted by Crippen LogP contribution is -2.05. The number of hydrogen-bond acceptors (Lipinski definition) is 6. The Balaban J connectivity index is 2.13. The van der Waals surface area contributed by atoms with Crippen molar-refractivity contribution < 1.29 is 14.0 Å². The van der Waals surface area contributed by atoms with Crippen LogP contribution in [0, 0.1) is 0 Å². The predicted molar refractivity (Wildman–Crippen MR) is 69.4 cm³/mol. The van der Waals surface area contributed by atoms with Crippen LogP contribution in [-0.4, -0.2) is 31.4 Å². The van der Waals surface area contributed by atoms with Gasteiger partial charge in [-0.05, 0) is 24.7 Å². The first-order valence-electron chi connectivity index (χ1n) is 5.93. The number of hydrogen-bond donors (Lipinski definition) is 1. The van der Waals surface area contributed by atoms with Gasteiger partial charge in [-0.3, -0.25) is 0 Å². The lowest BCUT2D eigenvalue weighted by Gasteiger charge is -2.08. The topological polar surface area (TPSA) is 69.4 Å². The van der Waals surface area contributed by atoms with Gasteiger partial charge in [0.25, 0.3) is 0 Å². The monoisotopic (exact) mass is 263 g/mol. The molecular formula is C13H17N3O3. The van der Waals surface area contributed by atoms with E-state index in [0.717, 1.165) is 5.56 Å². The molecule has 2 aromatic rings. The molecule has 0 unspecified atom stereocenters. The molecule has 0 aliphatic heterocycles. The van der Waals surface area contributed by atoms with Crippen LogP contribution in [0.25, 0.3) is 0 Å². The van der Waals surface area contributed by atoms with Gasteiger partial charge in [0.15, 0.2) is 17.3 Å². The van der Waals surface area contributed by atoms with Crippen LogP contribution in [0.1, 0.15) is 17.3 Å². The third-order valence-corrected chi connectivity index (χ3v) is 2.65. The van der Waals surface area contributed by atoms with Crippen LogP contribution in [0.5, 0.6) is 11.5 Å². The van der Waals surface area contributed by atoms with Crippen molar-refractivity contribution in [3.8, 4) is 11.5 Å². The molecule has 0 aliphatic carbocycles. The van der Waals surface area contributed by atoms with Crippen LogP contribution in [0.2, 0.25) is 0 Å². The van der Waals surface area contributed by atoms with E-state index in [-0.39, 0.29) is 0 Å². The van der Waals surface area contributed by atoms with Gasteiger partial charge >= 0.3 is 0 Å². The molecule has 2 rings (SSSR count). The molecule has 1 aromatic carbocycles. The van der Waals surface area contributed by atoms with Gasteiger partial charge in [0.2, 0.25) is 5.89 Å². The first kappa shape index (κ1) is 13.4. The van der Waals surface area contributed by atoms with Crippen LogP contribution in [0.4, 0.5) is 0 Å². The molecule has 0 radical (unpaired) electrons. The fourth-order valence-electron chi connectivity index (χ4n) is 1.76. The summed E-state index contributed by atoms with van der Waals surface area (Å²) in [6.45, 7) is 0.568. The van der Waals surface area contributed by atoms with E-state index in [1.807, 2.05) is 25.2 Å². The second kappa shape index (κ2) is 6.19.